The van der Waals surface area contributed by atoms with Crippen LogP contribution in [0.5, 0.6) is 5.75 Å². The largest absolute Gasteiger partial charge is 0.494 e. The van der Waals surface area contributed by atoms with Crippen molar-refractivity contribution in [1.82, 2.24) is 5.32 Å². The number of nitrogens with one attached hydrogen (secondary N) is 1. The third-order valence-corrected chi connectivity index (χ3v) is 2.44. The highest BCUT2D eigenvalue weighted by Crippen LogP contribution is 2.20. The molecule has 82 valence electrons. The van der Waals surface area contributed by atoms with Crippen LogP contribution in [0.25, 0.3) is 0 Å². The second-order valence-corrected chi connectivity index (χ2v) is 3.63. The molecule has 1 aliphatic heterocycles. The van der Waals surface area contributed by atoms with Crippen LogP contribution < -0.4 is 15.8 Å². The van der Waals surface area contributed by atoms with Crippen molar-refractivity contribution in [1.29, 1.82) is 0 Å². The second kappa shape index (κ2) is 4.92. The van der Waals surface area contributed by atoms with E-state index in [-0.39, 0.29) is 6.04 Å². The number of benzene rings is 1. The van der Waals surface area contributed by atoms with E-state index in [0.29, 0.717) is 25.4 Å². The van der Waals surface area contributed by atoms with Crippen molar-refractivity contribution in [3.8, 4) is 5.75 Å². The van der Waals surface area contributed by atoms with Crippen LogP contribution in [-0.4, -0.2) is 27.0 Å². The molecular weight excluding hydrogens is 201 g/mol. The minimum absolute atomic E-state index is 0.184. The number of guanidine groups is 1. The molecule has 2 radical (unpaired) electrons. The molecule has 0 fully saturated rings. The van der Waals surface area contributed by atoms with Gasteiger partial charge in [-0.3, -0.25) is 4.99 Å². The maximum Gasteiger partial charge on any atom is 0.189 e. The van der Waals surface area contributed by atoms with E-state index in [0.717, 1.165) is 11.3 Å². The molecule has 3 N–H and O–H groups in total. The monoisotopic (exact) mass is 215 g/mol. The average molecular weight is 215 g/mol. The van der Waals surface area contributed by atoms with Gasteiger partial charge in [0.05, 0.1) is 27.0 Å². The Kier molecular flexibility index (Phi) is 3.34. The molecule has 1 aromatic carbocycles. The number of aliphatic imine (C=N–C) groups is 1. The number of ether oxygens (including phenoxy) is 1. The molecule has 0 aliphatic carbocycles. The zero-order valence-corrected chi connectivity index (χ0v) is 9.02. The SMILES string of the molecule is [B]CCOc1ccc(C2CN=C(N)N2)cc1. The van der Waals surface area contributed by atoms with Crippen LogP contribution in [0.3, 0.4) is 0 Å². The number of rotatable bonds is 4. The lowest BCUT2D eigenvalue weighted by molar-refractivity contribution is 0.340. The normalized spacial score (nSPS) is 19.0. The van der Waals surface area contributed by atoms with Crippen LogP contribution in [0, 0.1) is 0 Å². The van der Waals surface area contributed by atoms with Crippen LogP contribution in [0.15, 0.2) is 29.3 Å². The third-order valence-electron chi connectivity index (χ3n) is 2.44. The zero-order valence-electron chi connectivity index (χ0n) is 9.02. The number of hydrogen-bond donors (Lipinski definition) is 2. The Hall–Kier alpha value is -1.65. The number of hydrogen-bond acceptors (Lipinski definition) is 4. The Bertz CT molecular complexity index is 377. The van der Waals surface area contributed by atoms with Gasteiger partial charge in [0.2, 0.25) is 0 Å². The molecular formula is C11H14BN3O. The van der Waals surface area contributed by atoms with Crippen molar-refractivity contribution in [2.24, 2.45) is 10.7 Å². The van der Waals surface area contributed by atoms with Gasteiger partial charge >= 0.3 is 0 Å². The maximum absolute atomic E-state index is 5.56. The van der Waals surface area contributed by atoms with Crippen LogP contribution in [0.4, 0.5) is 0 Å². The Morgan fingerprint density at radius 2 is 2.19 bits per heavy atom. The molecule has 0 saturated heterocycles. The van der Waals surface area contributed by atoms with Gasteiger partial charge in [0.25, 0.3) is 0 Å². The van der Waals surface area contributed by atoms with E-state index in [2.05, 4.69) is 10.3 Å². The molecule has 1 unspecified atom stereocenters. The summed E-state index contributed by atoms with van der Waals surface area (Å²) >= 11 is 0. The highest BCUT2D eigenvalue weighted by molar-refractivity contribution is 6.08. The predicted molar refractivity (Wildman–Crippen MR) is 64.9 cm³/mol. The van der Waals surface area contributed by atoms with Gasteiger partial charge < -0.3 is 15.8 Å². The van der Waals surface area contributed by atoms with Crippen LogP contribution in [0.1, 0.15) is 11.6 Å². The topological polar surface area (TPSA) is 59.6 Å². The Morgan fingerprint density at radius 1 is 1.44 bits per heavy atom. The number of nitrogens with zero attached hydrogens (tertiary/aromatic N) is 1. The van der Waals surface area contributed by atoms with Crippen LogP contribution >= 0.6 is 0 Å². The Morgan fingerprint density at radius 3 is 2.75 bits per heavy atom. The Labute approximate surface area is 96.3 Å². The summed E-state index contributed by atoms with van der Waals surface area (Å²) in [5.74, 6) is 1.34. The van der Waals surface area contributed by atoms with E-state index in [1.807, 2.05) is 24.3 Å². The molecule has 16 heavy (non-hydrogen) atoms. The van der Waals surface area contributed by atoms with E-state index in [1.165, 1.54) is 0 Å². The lowest BCUT2D eigenvalue weighted by Crippen LogP contribution is -2.29. The predicted octanol–water partition coefficient (Wildman–Crippen LogP) is 0.611. The van der Waals surface area contributed by atoms with Gasteiger partial charge in [-0.05, 0) is 17.7 Å². The van der Waals surface area contributed by atoms with Gasteiger partial charge in [0, 0.05) is 0 Å². The minimum Gasteiger partial charge on any atom is -0.494 e. The molecule has 2 rings (SSSR count). The summed E-state index contributed by atoms with van der Waals surface area (Å²) in [4.78, 5) is 4.10. The summed E-state index contributed by atoms with van der Waals surface area (Å²) in [6, 6.07) is 8.07. The summed E-state index contributed by atoms with van der Waals surface area (Å²) in [6.07, 6.45) is 0.524. The van der Waals surface area contributed by atoms with E-state index in [4.69, 9.17) is 18.3 Å². The molecule has 1 aromatic rings. The quantitative estimate of drug-likeness (QED) is 0.723. The second-order valence-electron chi connectivity index (χ2n) is 3.63. The lowest BCUT2D eigenvalue weighted by atomic mass is 10.1. The average Bonchev–Trinajstić information content (AvgIpc) is 2.74. The molecule has 0 saturated carbocycles. The van der Waals surface area contributed by atoms with Gasteiger partial charge in [0.15, 0.2) is 5.96 Å². The fourth-order valence-corrected chi connectivity index (χ4v) is 1.62. The molecule has 0 aromatic heterocycles. The van der Waals surface area contributed by atoms with Crippen molar-refractivity contribution in [3.63, 3.8) is 0 Å². The summed E-state index contributed by atoms with van der Waals surface area (Å²) in [6.45, 7) is 1.23. The lowest BCUT2D eigenvalue weighted by Gasteiger charge is -2.11. The summed E-state index contributed by atoms with van der Waals surface area (Å²) < 4.78 is 5.40. The molecule has 0 amide bonds. The first-order valence-corrected chi connectivity index (χ1v) is 5.29. The van der Waals surface area contributed by atoms with E-state index >= 15 is 0 Å². The van der Waals surface area contributed by atoms with Gasteiger partial charge in [-0.2, -0.15) is 0 Å². The van der Waals surface area contributed by atoms with Crippen molar-refractivity contribution in [2.45, 2.75) is 12.4 Å². The summed E-state index contributed by atoms with van der Waals surface area (Å²) in [5, 5.41) is 3.10. The van der Waals surface area contributed by atoms with Crippen molar-refractivity contribution < 1.29 is 4.74 Å². The highest BCUT2D eigenvalue weighted by atomic mass is 16.5. The molecule has 1 heterocycles. The van der Waals surface area contributed by atoms with Crippen molar-refractivity contribution >= 4 is 13.8 Å². The molecule has 5 heteroatoms. The van der Waals surface area contributed by atoms with Crippen molar-refractivity contribution in [2.75, 3.05) is 13.2 Å². The van der Waals surface area contributed by atoms with Crippen molar-refractivity contribution in [3.05, 3.63) is 29.8 Å². The maximum atomic E-state index is 5.56. The van der Waals surface area contributed by atoms with Crippen LogP contribution in [-0.2, 0) is 0 Å². The molecule has 0 bridgehead atoms. The highest BCUT2D eigenvalue weighted by Gasteiger charge is 2.16. The first kappa shape index (κ1) is 10.9. The minimum atomic E-state index is 0.184. The molecule has 1 aliphatic rings. The summed E-state index contributed by atoms with van der Waals surface area (Å²) in [5.41, 5.74) is 6.72. The first-order chi connectivity index (χ1) is 7.79. The molecule has 4 nitrogen and oxygen atoms in total. The van der Waals surface area contributed by atoms with Gasteiger partial charge in [0.1, 0.15) is 5.75 Å². The Balaban J connectivity index is 1.97. The molecule has 0 spiro atoms. The van der Waals surface area contributed by atoms with Gasteiger partial charge in [-0.15, -0.1) is 0 Å². The van der Waals surface area contributed by atoms with Gasteiger partial charge in [-0.25, -0.2) is 0 Å². The van der Waals surface area contributed by atoms with Crippen LogP contribution in [0.2, 0.25) is 6.32 Å². The van der Waals surface area contributed by atoms with E-state index in [1.54, 1.807) is 0 Å². The first-order valence-electron chi connectivity index (χ1n) is 5.29. The molecule has 1 atom stereocenters. The summed E-state index contributed by atoms with van der Waals surface area (Å²) in [7, 11) is 5.36. The fraction of sp³-hybridized carbons (Fsp3) is 0.364. The fourth-order valence-electron chi connectivity index (χ4n) is 1.62. The standard InChI is InChI=1S/C11H14BN3O/c12-5-6-16-9-3-1-8(2-4-9)10-7-14-11(13)15-10/h1-4,10H,5-7H2,(H3,13,14,15). The smallest absolute Gasteiger partial charge is 0.189 e. The van der Waals surface area contributed by atoms with Gasteiger partial charge in [-0.1, -0.05) is 18.5 Å². The van der Waals surface area contributed by atoms with E-state index in [9.17, 15) is 0 Å². The zero-order chi connectivity index (χ0) is 11.4. The number of nitrogens with two attached hydrogens (primary N) is 1. The third kappa shape index (κ3) is 2.48. The van der Waals surface area contributed by atoms with E-state index < -0.39 is 0 Å².